The summed E-state index contributed by atoms with van der Waals surface area (Å²) in [7, 11) is 2.19. The number of hydrogen-bond donors (Lipinski definition) is 2. The molecule has 31 heavy (non-hydrogen) atoms. The molecule has 0 radical (unpaired) electrons. The molecule has 0 bridgehead atoms. The van der Waals surface area contributed by atoms with Gasteiger partial charge in [-0.3, -0.25) is 4.79 Å². The zero-order chi connectivity index (χ0) is 21.4. The van der Waals surface area contributed by atoms with E-state index >= 15 is 0 Å². The van der Waals surface area contributed by atoms with Crippen molar-refractivity contribution in [1.29, 1.82) is 0 Å². The molecule has 1 heterocycles. The number of aromatic hydroxyl groups is 1. The van der Waals surface area contributed by atoms with Crippen molar-refractivity contribution in [1.82, 2.24) is 10.2 Å². The van der Waals surface area contributed by atoms with E-state index in [1.54, 1.807) is 6.07 Å². The van der Waals surface area contributed by atoms with E-state index in [0.717, 1.165) is 55.1 Å². The number of nitrogens with zero attached hydrogens (tertiary/aromatic N) is 1. The van der Waals surface area contributed by atoms with Gasteiger partial charge in [-0.25, -0.2) is 0 Å². The Morgan fingerprint density at radius 3 is 2.71 bits per heavy atom. The van der Waals surface area contributed by atoms with Crippen molar-refractivity contribution in [2.24, 2.45) is 5.92 Å². The van der Waals surface area contributed by atoms with Gasteiger partial charge in [-0.2, -0.15) is 0 Å². The third-order valence-corrected chi connectivity index (χ3v) is 7.50. The van der Waals surface area contributed by atoms with Gasteiger partial charge in [-0.1, -0.05) is 42.5 Å². The summed E-state index contributed by atoms with van der Waals surface area (Å²) < 4.78 is 0. The number of phenols is 1. The fourth-order valence-corrected chi connectivity index (χ4v) is 5.85. The molecule has 2 aliphatic rings. The van der Waals surface area contributed by atoms with Crippen molar-refractivity contribution >= 4 is 16.7 Å². The van der Waals surface area contributed by atoms with E-state index in [9.17, 15) is 9.90 Å². The fourth-order valence-electron chi connectivity index (χ4n) is 5.85. The molecule has 4 heteroatoms. The Hall–Kier alpha value is -2.85. The smallest absolute Gasteiger partial charge is 0.251 e. The first-order valence-corrected chi connectivity index (χ1v) is 11.3. The molecular formula is C27H30N2O2. The number of carbonyl (C=O) groups is 1. The van der Waals surface area contributed by atoms with Gasteiger partial charge in [-0.05, 0) is 85.8 Å². The highest BCUT2D eigenvalue weighted by atomic mass is 16.3. The summed E-state index contributed by atoms with van der Waals surface area (Å²) in [6.45, 7) is 2.11. The number of piperidine rings is 1. The Balaban J connectivity index is 1.39. The maximum absolute atomic E-state index is 13.1. The molecule has 4 nitrogen and oxygen atoms in total. The topological polar surface area (TPSA) is 52.6 Å². The molecule has 3 atom stereocenters. The predicted molar refractivity (Wildman–Crippen MR) is 124 cm³/mol. The van der Waals surface area contributed by atoms with Crippen LogP contribution in [-0.4, -0.2) is 42.1 Å². The van der Waals surface area contributed by atoms with E-state index in [1.165, 1.54) is 5.56 Å². The Bertz CT molecular complexity index is 1110. The highest BCUT2D eigenvalue weighted by Gasteiger charge is 2.47. The van der Waals surface area contributed by atoms with Crippen molar-refractivity contribution in [3.8, 4) is 5.75 Å². The third kappa shape index (κ3) is 3.81. The largest absolute Gasteiger partial charge is 0.508 e. The minimum Gasteiger partial charge on any atom is -0.508 e. The summed E-state index contributed by atoms with van der Waals surface area (Å²) in [5.74, 6) is 0.877. The highest BCUT2D eigenvalue weighted by molar-refractivity contribution is 5.98. The molecule has 3 unspecified atom stereocenters. The molecule has 3 aromatic carbocycles. The zero-order valence-corrected chi connectivity index (χ0v) is 18.1. The van der Waals surface area contributed by atoms with Crippen LogP contribution in [0.15, 0.2) is 66.7 Å². The normalized spacial score (nSPS) is 26.4. The van der Waals surface area contributed by atoms with Crippen LogP contribution in [-0.2, 0) is 5.41 Å². The van der Waals surface area contributed by atoms with Gasteiger partial charge >= 0.3 is 0 Å². The van der Waals surface area contributed by atoms with E-state index in [-0.39, 0.29) is 17.4 Å². The van der Waals surface area contributed by atoms with Crippen molar-refractivity contribution in [2.45, 2.75) is 37.1 Å². The van der Waals surface area contributed by atoms with Gasteiger partial charge in [0.1, 0.15) is 5.75 Å². The van der Waals surface area contributed by atoms with Gasteiger partial charge in [0.25, 0.3) is 5.91 Å². The standard InChI is InChI=1S/C27H30N2O2/c1-29-14-13-27(22-7-4-8-25(30)16-22)17-24(12-11-23(27)18-29)28-26(31)21-10-9-19-5-2-3-6-20(19)15-21/h2-10,15-16,23-24,30H,11-14,17-18H2,1H3,(H,28,31). The minimum absolute atomic E-state index is 0.00479. The van der Waals surface area contributed by atoms with Crippen LogP contribution >= 0.6 is 0 Å². The molecule has 1 aliphatic heterocycles. The second-order valence-corrected chi connectivity index (χ2v) is 9.43. The Morgan fingerprint density at radius 2 is 1.87 bits per heavy atom. The van der Waals surface area contributed by atoms with Crippen molar-refractivity contribution in [3.05, 3.63) is 77.9 Å². The fraction of sp³-hybridized carbons (Fsp3) is 0.370. The highest BCUT2D eigenvalue weighted by Crippen LogP contribution is 2.49. The maximum atomic E-state index is 13.1. The van der Waals surface area contributed by atoms with Crippen LogP contribution in [0.2, 0.25) is 0 Å². The quantitative estimate of drug-likeness (QED) is 0.652. The molecule has 1 saturated carbocycles. The Kier molecular flexibility index (Phi) is 5.19. The van der Waals surface area contributed by atoms with Crippen LogP contribution in [0.5, 0.6) is 5.75 Å². The van der Waals surface area contributed by atoms with Gasteiger partial charge < -0.3 is 15.3 Å². The number of rotatable bonds is 3. The van der Waals surface area contributed by atoms with Crippen LogP contribution in [0.4, 0.5) is 0 Å². The number of nitrogens with one attached hydrogen (secondary N) is 1. The number of amides is 1. The first-order chi connectivity index (χ1) is 15.0. The molecular weight excluding hydrogens is 384 g/mol. The van der Waals surface area contributed by atoms with Crippen LogP contribution in [0.25, 0.3) is 10.8 Å². The van der Waals surface area contributed by atoms with E-state index < -0.39 is 0 Å². The second kappa shape index (κ2) is 8.01. The molecule has 2 fully saturated rings. The SMILES string of the molecule is CN1CCC2(c3cccc(O)c3)CC(NC(=O)c3ccc4ccccc4c3)CCC2C1. The molecule has 1 aliphatic carbocycles. The average molecular weight is 415 g/mol. The summed E-state index contributed by atoms with van der Waals surface area (Å²) in [5, 5.41) is 15.7. The maximum Gasteiger partial charge on any atom is 0.251 e. The molecule has 0 spiro atoms. The first-order valence-electron chi connectivity index (χ1n) is 11.3. The Labute approximate surface area is 183 Å². The number of hydrogen-bond acceptors (Lipinski definition) is 3. The number of fused-ring (bicyclic) bond motifs is 2. The van der Waals surface area contributed by atoms with Crippen molar-refractivity contribution in [3.63, 3.8) is 0 Å². The van der Waals surface area contributed by atoms with Crippen LogP contribution < -0.4 is 5.32 Å². The van der Waals surface area contributed by atoms with Crippen LogP contribution in [0, 0.1) is 5.92 Å². The molecule has 1 saturated heterocycles. The van der Waals surface area contributed by atoms with Gasteiger partial charge in [0.2, 0.25) is 0 Å². The number of benzene rings is 3. The van der Waals surface area contributed by atoms with Gasteiger partial charge in [0.15, 0.2) is 0 Å². The predicted octanol–water partition coefficient (Wildman–Crippen LogP) is 4.72. The van der Waals surface area contributed by atoms with Crippen LogP contribution in [0.3, 0.4) is 0 Å². The van der Waals surface area contributed by atoms with E-state index in [4.69, 9.17) is 0 Å². The lowest BCUT2D eigenvalue weighted by atomic mass is 9.58. The lowest BCUT2D eigenvalue weighted by Gasteiger charge is -2.52. The molecule has 1 amide bonds. The van der Waals surface area contributed by atoms with Gasteiger partial charge in [0, 0.05) is 23.6 Å². The molecule has 5 rings (SSSR count). The first kappa shape index (κ1) is 20.1. The summed E-state index contributed by atoms with van der Waals surface area (Å²) >= 11 is 0. The average Bonchev–Trinajstić information content (AvgIpc) is 2.79. The molecule has 2 N–H and O–H groups in total. The molecule has 160 valence electrons. The summed E-state index contributed by atoms with van der Waals surface area (Å²) in [6.07, 6.45) is 4.06. The summed E-state index contributed by atoms with van der Waals surface area (Å²) in [5.41, 5.74) is 1.94. The van der Waals surface area contributed by atoms with Crippen molar-refractivity contribution < 1.29 is 9.90 Å². The van der Waals surface area contributed by atoms with E-state index in [0.29, 0.717) is 11.7 Å². The minimum atomic E-state index is 0.00479. The molecule has 0 aromatic heterocycles. The monoisotopic (exact) mass is 414 g/mol. The van der Waals surface area contributed by atoms with E-state index in [1.807, 2.05) is 48.5 Å². The number of likely N-dealkylation sites (tertiary alicyclic amines) is 1. The lowest BCUT2D eigenvalue weighted by Crippen LogP contribution is -2.55. The van der Waals surface area contributed by atoms with Gasteiger partial charge in [0.05, 0.1) is 0 Å². The van der Waals surface area contributed by atoms with Crippen molar-refractivity contribution in [2.75, 3.05) is 20.1 Å². The lowest BCUT2D eigenvalue weighted by molar-refractivity contribution is 0.0533. The number of carbonyl (C=O) groups excluding carboxylic acids is 1. The third-order valence-electron chi connectivity index (χ3n) is 7.50. The number of phenolic OH excluding ortho intramolecular Hbond substituents is 1. The molecule has 3 aromatic rings. The van der Waals surface area contributed by atoms with Gasteiger partial charge in [-0.15, -0.1) is 0 Å². The summed E-state index contributed by atoms with van der Waals surface area (Å²) in [6, 6.07) is 22.0. The zero-order valence-electron chi connectivity index (χ0n) is 18.1. The van der Waals surface area contributed by atoms with E-state index in [2.05, 4.69) is 29.4 Å². The Morgan fingerprint density at radius 1 is 1.03 bits per heavy atom. The summed E-state index contributed by atoms with van der Waals surface area (Å²) in [4.78, 5) is 15.5. The van der Waals surface area contributed by atoms with Crippen LogP contribution in [0.1, 0.15) is 41.6 Å². The second-order valence-electron chi connectivity index (χ2n) is 9.43.